The van der Waals surface area contributed by atoms with Gasteiger partial charge in [0.1, 0.15) is 11.7 Å². The summed E-state index contributed by atoms with van der Waals surface area (Å²) in [5, 5.41) is 0. The third-order valence-electron chi connectivity index (χ3n) is 4.46. The number of rotatable bonds is 4. The van der Waals surface area contributed by atoms with E-state index in [0.29, 0.717) is 6.42 Å². The van der Waals surface area contributed by atoms with Gasteiger partial charge in [0, 0.05) is 20.4 Å². The van der Waals surface area contributed by atoms with Gasteiger partial charge in [-0.3, -0.25) is 19.3 Å². The van der Waals surface area contributed by atoms with E-state index in [2.05, 4.69) is 4.79 Å². The molecule has 0 bridgehead atoms. The second-order valence-electron chi connectivity index (χ2n) is 6.28. The summed E-state index contributed by atoms with van der Waals surface area (Å²) in [6, 6.07) is 8.54. The highest BCUT2D eigenvalue weighted by atomic mass is 16.2. The standard InChI is InChI=1S/C17H20N4O3/c1-11(22)14(19-18)16(24)21-13(10-12-8-6-5-7-9-12)15(23)20(4)17(21,2)3/h5-9,13H,10H2,1-4H3/t13-/m0/s1. The van der Waals surface area contributed by atoms with Crippen LogP contribution in [0.4, 0.5) is 0 Å². The molecule has 1 aromatic rings. The Morgan fingerprint density at radius 1 is 1.25 bits per heavy atom. The van der Waals surface area contributed by atoms with Gasteiger partial charge in [-0.15, -0.1) is 0 Å². The summed E-state index contributed by atoms with van der Waals surface area (Å²) in [4.78, 5) is 42.6. The van der Waals surface area contributed by atoms with Gasteiger partial charge in [-0.2, -0.15) is 4.79 Å². The maximum absolute atomic E-state index is 12.8. The topological polar surface area (TPSA) is 94.1 Å². The fourth-order valence-electron chi connectivity index (χ4n) is 2.93. The molecule has 0 N–H and O–H groups in total. The van der Waals surface area contributed by atoms with Crippen molar-refractivity contribution in [3.63, 3.8) is 0 Å². The number of hydrogen-bond acceptors (Lipinski definition) is 3. The van der Waals surface area contributed by atoms with Gasteiger partial charge in [-0.25, -0.2) is 0 Å². The summed E-state index contributed by atoms with van der Waals surface area (Å²) in [7, 11) is 1.61. The molecule has 126 valence electrons. The summed E-state index contributed by atoms with van der Waals surface area (Å²) in [5.74, 6) is -1.63. The second-order valence-corrected chi connectivity index (χ2v) is 6.28. The van der Waals surface area contributed by atoms with E-state index < -0.39 is 29.1 Å². The molecule has 24 heavy (non-hydrogen) atoms. The lowest BCUT2D eigenvalue weighted by Crippen LogP contribution is -2.55. The van der Waals surface area contributed by atoms with Crippen molar-refractivity contribution >= 4 is 23.3 Å². The van der Waals surface area contributed by atoms with Crippen molar-refractivity contribution in [1.29, 1.82) is 0 Å². The molecule has 1 aliphatic rings. The molecule has 7 heteroatoms. The number of hydrogen-bond donors (Lipinski definition) is 0. The molecular weight excluding hydrogens is 308 g/mol. The molecule has 0 radical (unpaired) electrons. The van der Waals surface area contributed by atoms with Crippen LogP contribution in [0.5, 0.6) is 0 Å². The molecule has 1 aromatic carbocycles. The first-order valence-electron chi connectivity index (χ1n) is 7.60. The average molecular weight is 328 g/mol. The van der Waals surface area contributed by atoms with E-state index in [4.69, 9.17) is 5.53 Å². The SMILES string of the molecule is CC(=O)C(=[N+]=[N-])C(=O)N1[C@@H](Cc2ccccc2)C(=O)N(C)C1(C)C. The van der Waals surface area contributed by atoms with Crippen LogP contribution < -0.4 is 0 Å². The van der Waals surface area contributed by atoms with Crippen LogP contribution in [0.15, 0.2) is 30.3 Å². The molecule has 1 heterocycles. The van der Waals surface area contributed by atoms with Gasteiger partial charge < -0.3 is 10.4 Å². The maximum atomic E-state index is 12.8. The maximum Gasteiger partial charge on any atom is 0.421 e. The molecule has 0 aliphatic carbocycles. The Morgan fingerprint density at radius 2 is 1.83 bits per heavy atom. The van der Waals surface area contributed by atoms with Crippen LogP contribution in [0.1, 0.15) is 26.3 Å². The Balaban J connectivity index is 2.46. The smallest absolute Gasteiger partial charge is 0.360 e. The first-order chi connectivity index (χ1) is 11.2. The van der Waals surface area contributed by atoms with Crippen molar-refractivity contribution in [2.75, 3.05) is 7.05 Å². The zero-order valence-electron chi connectivity index (χ0n) is 14.2. The Morgan fingerprint density at radius 3 is 2.33 bits per heavy atom. The summed E-state index contributed by atoms with van der Waals surface area (Å²) < 4.78 is 0. The van der Waals surface area contributed by atoms with Gasteiger partial charge in [-0.1, -0.05) is 30.3 Å². The van der Waals surface area contributed by atoms with Crippen molar-refractivity contribution in [3.05, 3.63) is 41.4 Å². The van der Waals surface area contributed by atoms with E-state index in [0.717, 1.165) is 12.5 Å². The Hall–Kier alpha value is -2.79. The first-order valence-corrected chi connectivity index (χ1v) is 7.60. The molecule has 0 unspecified atom stereocenters. The molecule has 0 saturated carbocycles. The van der Waals surface area contributed by atoms with Gasteiger partial charge in [0.15, 0.2) is 0 Å². The van der Waals surface area contributed by atoms with Crippen molar-refractivity contribution in [1.82, 2.24) is 9.80 Å². The number of ketones is 1. The highest BCUT2D eigenvalue weighted by Crippen LogP contribution is 2.32. The van der Waals surface area contributed by atoms with Gasteiger partial charge in [-0.05, 0) is 19.4 Å². The number of likely N-dealkylation sites (N-methyl/N-ethyl adjacent to an activating group) is 1. The number of benzene rings is 1. The van der Waals surface area contributed by atoms with Crippen LogP contribution in [0.25, 0.3) is 5.53 Å². The van der Waals surface area contributed by atoms with Gasteiger partial charge in [0.05, 0.1) is 0 Å². The van der Waals surface area contributed by atoms with E-state index in [1.54, 1.807) is 20.9 Å². The van der Waals surface area contributed by atoms with E-state index in [1.165, 1.54) is 9.80 Å². The van der Waals surface area contributed by atoms with Crippen LogP contribution in [-0.4, -0.2) is 56.7 Å². The van der Waals surface area contributed by atoms with Gasteiger partial charge in [0.2, 0.25) is 11.7 Å². The first kappa shape index (κ1) is 17.6. The van der Waals surface area contributed by atoms with Crippen LogP contribution in [-0.2, 0) is 20.8 Å². The third kappa shape index (κ3) is 2.86. The van der Waals surface area contributed by atoms with Gasteiger partial charge >= 0.3 is 11.6 Å². The Kier molecular flexibility index (Phi) is 4.66. The number of nitrogens with zero attached hydrogens (tertiary/aromatic N) is 4. The minimum Gasteiger partial charge on any atom is -0.360 e. The van der Waals surface area contributed by atoms with Crippen molar-refractivity contribution in [2.45, 2.75) is 38.9 Å². The van der Waals surface area contributed by atoms with E-state index in [-0.39, 0.29) is 5.91 Å². The molecule has 7 nitrogen and oxygen atoms in total. The molecule has 1 fully saturated rings. The Labute approximate surface area is 140 Å². The summed E-state index contributed by atoms with van der Waals surface area (Å²) in [6.07, 6.45) is 0.315. The van der Waals surface area contributed by atoms with Crippen molar-refractivity contribution in [2.24, 2.45) is 0 Å². The lowest BCUT2D eigenvalue weighted by Gasteiger charge is -2.35. The summed E-state index contributed by atoms with van der Waals surface area (Å²) in [5.41, 5.74) is 8.40. The molecule has 1 aliphatic heterocycles. The molecule has 2 rings (SSSR count). The number of Topliss-reactive ketones (excluding diaryl/α,β-unsaturated/α-hetero) is 1. The minimum atomic E-state index is -0.945. The molecule has 1 atom stereocenters. The van der Waals surface area contributed by atoms with Crippen LogP contribution in [0.3, 0.4) is 0 Å². The Bertz CT molecular complexity index is 735. The second kappa shape index (κ2) is 6.37. The highest BCUT2D eigenvalue weighted by Gasteiger charge is 2.54. The largest absolute Gasteiger partial charge is 0.421 e. The van der Waals surface area contributed by atoms with Crippen LogP contribution >= 0.6 is 0 Å². The minimum absolute atomic E-state index is 0.224. The molecule has 2 amide bonds. The normalized spacial score (nSPS) is 19.2. The van der Waals surface area contributed by atoms with Crippen LogP contribution in [0, 0.1) is 0 Å². The summed E-state index contributed by atoms with van der Waals surface area (Å²) >= 11 is 0. The predicted molar refractivity (Wildman–Crippen MR) is 86.9 cm³/mol. The quantitative estimate of drug-likeness (QED) is 0.355. The zero-order valence-corrected chi connectivity index (χ0v) is 14.2. The lowest BCUT2D eigenvalue weighted by atomic mass is 10.0. The fraction of sp³-hybridized carbons (Fsp3) is 0.412. The molecule has 1 saturated heterocycles. The highest BCUT2D eigenvalue weighted by molar-refractivity contribution is 6.63. The van der Waals surface area contributed by atoms with E-state index >= 15 is 0 Å². The number of carbonyl (C=O) groups excluding carboxylic acids is 3. The summed E-state index contributed by atoms with van der Waals surface area (Å²) in [6.45, 7) is 4.57. The molecule has 0 aromatic heterocycles. The third-order valence-corrected chi connectivity index (χ3v) is 4.46. The predicted octanol–water partition coefficient (Wildman–Crippen LogP) is 0.894. The van der Waals surface area contributed by atoms with Crippen molar-refractivity contribution < 1.29 is 19.2 Å². The van der Waals surface area contributed by atoms with E-state index in [1.807, 2.05) is 30.3 Å². The number of carbonyl (C=O) groups is 3. The molecule has 0 spiro atoms. The lowest BCUT2D eigenvalue weighted by molar-refractivity contribution is -0.138. The average Bonchev–Trinajstić information content (AvgIpc) is 2.69. The molecular formula is C17H20N4O3. The number of amides is 2. The van der Waals surface area contributed by atoms with Crippen molar-refractivity contribution in [3.8, 4) is 0 Å². The van der Waals surface area contributed by atoms with Crippen LogP contribution in [0.2, 0.25) is 0 Å². The van der Waals surface area contributed by atoms with Gasteiger partial charge in [0.25, 0.3) is 0 Å². The fourth-order valence-corrected chi connectivity index (χ4v) is 2.93. The zero-order chi connectivity index (χ0) is 18.1. The monoisotopic (exact) mass is 328 g/mol. The van der Waals surface area contributed by atoms with E-state index in [9.17, 15) is 14.4 Å².